The number of anilines is 1. The molecule has 2 amide bonds. The predicted molar refractivity (Wildman–Crippen MR) is 121 cm³/mol. The third kappa shape index (κ3) is 5.75. The lowest BCUT2D eigenvalue weighted by Gasteiger charge is -2.45. The zero-order chi connectivity index (χ0) is 24.3. The monoisotopic (exact) mass is 477 g/mol. The molecule has 2 aromatic heterocycles. The molecule has 2 aromatic rings. The maximum Gasteiger partial charge on any atom is 0.419 e. The van der Waals surface area contributed by atoms with E-state index in [0.717, 1.165) is 44.9 Å². The largest absolute Gasteiger partial charge is 0.419 e. The van der Waals surface area contributed by atoms with Crippen molar-refractivity contribution in [2.75, 3.05) is 31.1 Å². The second kappa shape index (κ2) is 10.1. The van der Waals surface area contributed by atoms with Gasteiger partial charge in [0, 0.05) is 75.6 Å². The normalized spacial score (nSPS) is 22.6. The zero-order valence-corrected chi connectivity index (χ0v) is 19.4. The van der Waals surface area contributed by atoms with Crippen LogP contribution in [0.3, 0.4) is 0 Å². The highest BCUT2D eigenvalue weighted by Crippen LogP contribution is 2.29. The second-order valence-electron chi connectivity index (χ2n) is 9.14. The van der Waals surface area contributed by atoms with Crippen LogP contribution in [0.4, 0.5) is 23.9 Å². The van der Waals surface area contributed by atoms with Gasteiger partial charge in [0.05, 0.1) is 5.56 Å². The Kier molecular flexibility index (Phi) is 7.20. The molecule has 0 radical (unpaired) electrons. The average molecular weight is 478 g/mol. The number of rotatable bonds is 4. The first-order chi connectivity index (χ1) is 16.2. The molecule has 0 aromatic carbocycles. The van der Waals surface area contributed by atoms with Crippen LogP contribution in [0, 0.1) is 0 Å². The van der Waals surface area contributed by atoms with Crippen LogP contribution in [0.2, 0.25) is 0 Å². The number of piperidine rings is 1. The number of carbonyl (C=O) groups excluding carboxylic acids is 1. The molecule has 0 saturated carbocycles. The van der Waals surface area contributed by atoms with Gasteiger partial charge in [0.15, 0.2) is 0 Å². The maximum absolute atomic E-state index is 13.1. The fraction of sp³-hybridized carbons (Fsp3) is 0.565. The summed E-state index contributed by atoms with van der Waals surface area (Å²) in [5, 5.41) is 3.19. The maximum atomic E-state index is 13.1. The first-order valence-electron chi connectivity index (χ1n) is 11.5. The number of halogens is 3. The highest BCUT2D eigenvalue weighted by atomic mass is 19.4. The highest BCUT2D eigenvalue weighted by Gasteiger charge is 2.36. The molecule has 2 atom stereocenters. The Morgan fingerprint density at radius 2 is 1.74 bits per heavy atom. The summed E-state index contributed by atoms with van der Waals surface area (Å²) in [6.45, 7) is 7.44. The number of urea groups is 1. The minimum absolute atomic E-state index is 0.0984. The average Bonchev–Trinajstić information content (AvgIpc) is 2.80. The van der Waals surface area contributed by atoms with Gasteiger partial charge in [0.2, 0.25) is 5.95 Å². The molecular formula is C23H30F3N7O. The van der Waals surface area contributed by atoms with Crippen molar-refractivity contribution >= 4 is 12.0 Å². The van der Waals surface area contributed by atoms with Crippen LogP contribution >= 0.6 is 0 Å². The van der Waals surface area contributed by atoms with Crippen molar-refractivity contribution < 1.29 is 18.0 Å². The lowest BCUT2D eigenvalue weighted by Crippen LogP contribution is -2.62. The van der Waals surface area contributed by atoms with E-state index in [-0.39, 0.29) is 30.1 Å². The van der Waals surface area contributed by atoms with E-state index in [0.29, 0.717) is 13.1 Å². The van der Waals surface area contributed by atoms with Gasteiger partial charge in [0.1, 0.15) is 0 Å². The van der Waals surface area contributed by atoms with Crippen LogP contribution in [0.1, 0.15) is 37.8 Å². The first-order valence-corrected chi connectivity index (χ1v) is 11.5. The molecule has 1 N–H and O–H groups in total. The summed E-state index contributed by atoms with van der Waals surface area (Å²) in [6, 6.07) is 3.75. The Labute approximate surface area is 197 Å². The van der Waals surface area contributed by atoms with E-state index in [9.17, 15) is 18.0 Å². The van der Waals surface area contributed by atoms with Crippen molar-refractivity contribution in [2.24, 2.45) is 0 Å². The lowest BCUT2D eigenvalue weighted by atomic mass is 10.0. The molecule has 4 rings (SSSR count). The summed E-state index contributed by atoms with van der Waals surface area (Å²) in [7, 11) is 0. The number of hydrogen-bond acceptors (Lipinski definition) is 6. The first kappa shape index (κ1) is 24.2. The van der Waals surface area contributed by atoms with Gasteiger partial charge in [-0.2, -0.15) is 13.2 Å². The Morgan fingerprint density at radius 3 is 2.29 bits per heavy atom. The van der Waals surface area contributed by atoms with E-state index in [2.05, 4.69) is 31.2 Å². The standard InChI is InChI=1S/C23H30F3N7O/c1-16-13-32(21-28-11-19(12-29-21)23(24,25)26)14-17(2)33(16)22(34)30-20-5-8-31(9-6-20)15-18-4-3-7-27-10-18/h3-4,7,10-12,16-17,20H,5-6,8-9,13-15H2,1-2H3,(H,30,34)/t16-,17+. The summed E-state index contributed by atoms with van der Waals surface area (Å²) in [5.74, 6) is 0.243. The summed E-state index contributed by atoms with van der Waals surface area (Å²) in [5.41, 5.74) is 0.310. The smallest absolute Gasteiger partial charge is 0.337 e. The number of nitrogens with zero attached hydrogens (tertiary/aromatic N) is 6. The molecule has 0 unspecified atom stereocenters. The molecule has 184 valence electrons. The zero-order valence-electron chi connectivity index (χ0n) is 19.4. The van der Waals surface area contributed by atoms with Gasteiger partial charge >= 0.3 is 12.2 Å². The van der Waals surface area contributed by atoms with Crippen molar-refractivity contribution in [3.05, 3.63) is 48.0 Å². The van der Waals surface area contributed by atoms with E-state index in [1.165, 1.54) is 5.56 Å². The van der Waals surface area contributed by atoms with Gasteiger partial charge in [-0.05, 0) is 38.3 Å². The molecule has 2 aliphatic heterocycles. The molecule has 2 fully saturated rings. The Hall–Kier alpha value is -2.95. The molecular weight excluding hydrogens is 447 g/mol. The Balaban J connectivity index is 1.28. The second-order valence-corrected chi connectivity index (χ2v) is 9.14. The van der Waals surface area contributed by atoms with E-state index in [4.69, 9.17) is 0 Å². The number of amides is 2. The number of nitrogens with one attached hydrogen (secondary N) is 1. The van der Waals surface area contributed by atoms with Crippen molar-refractivity contribution in [3.8, 4) is 0 Å². The minimum Gasteiger partial charge on any atom is -0.337 e. The van der Waals surface area contributed by atoms with Gasteiger partial charge in [-0.1, -0.05) is 6.07 Å². The number of carbonyl (C=O) groups is 1. The molecule has 0 aliphatic carbocycles. The van der Waals surface area contributed by atoms with Crippen molar-refractivity contribution in [1.29, 1.82) is 0 Å². The molecule has 2 saturated heterocycles. The van der Waals surface area contributed by atoms with E-state index < -0.39 is 11.7 Å². The fourth-order valence-electron chi connectivity index (χ4n) is 4.75. The molecule has 2 aliphatic rings. The van der Waals surface area contributed by atoms with E-state index >= 15 is 0 Å². The van der Waals surface area contributed by atoms with Gasteiger partial charge in [-0.25, -0.2) is 14.8 Å². The van der Waals surface area contributed by atoms with Gasteiger partial charge in [-0.15, -0.1) is 0 Å². The number of likely N-dealkylation sites (tertiary alicyclic amines) is 1. The van der Waals surface area contributed by atoms with Crippen molar-refractivity contribution in [3.63, 3.8) is 0 Å². The van der Waals surface area contributed by atoms with Crippen LogP contribution in [-0.4, -0.2) is 75.1 Å². The Morgan fingerprint density at radius 1 is 1.09 bits per heavy atom. The summed E-state index contributed by atoms with van der Waals surface area (Å²) in [4.78, 5) is 31.1. The quantitative estimate of drug-likeness (QED) is 0.729. The van der Waals surface area contributed by atoms with Crippen LogP contribution in [-0.2, 0) is 12.7 Å². The lowest BCUT2D eigenvalue weighted by molar-refractivity contribution is -0.138. The molecule has 34 heavy (non-hydrogen) atoms. The SMILES string of the molecule is C[C@@H]1CN(c2ncc(C(F)(F)F)cn2)C[C@H](C)N1C(=O)NC1CCN(Cc2cccnc2)CC1. The molecule has 0 bridgehead atoms. The third-order valence-corrected chi connectivity index (χ3v) is 6.45. The van der Waals surface area contributed by atoms with Crippen LogP contribution < -0.4 is 10.2 Å². The number of pyridine rings is 1. The minimum atomic E-state index is -4.47. The van der Waals surface area contributed by atoms with E-state index in [1.54, 1.807) is 6.20 Å². The topological polar surface area (TPSA) is 77.5 Å². The van der Waals surface area contributed by atoms with Crippen LogP contribution in [0.25, 0.3) is 0 Å². The summed E-state index contributed by atoms with van der Waals surface area (Å²) < 4.78 is 38.4. The molecule has 0 spiro atoms. The van der Waals surface area contributed by atoms with Gasteiger partial charge in [0.25, 0.3) is 0 Å². The predicted octanol–water partition coefficient (Wildman–Crippen LogP) is 3.16. The van der Waals surface area contributed by atoms with Gasteiger partial charge in [-0.3, -0.25) is 9.88 Å². The van der Waals surface area contributed by atoms with Crippen molar-refractivity contribution in [1.82, 2.24) is 30.1 Å². The Bertz CT molecular complexity index is 937. The molecule has 8 nitrogen and oxygen atoms in total. The summed E-state index contributed by atoms with van der Waals surface area (Å²) in [6.07, 6.45) is 2.55. The van der Waals surface area contributed by atoms with E-state index in [1.807, 2.05) is 35.9 Å². The number of piperazine rings is 1. The number of alkyl halides is 3. The number of hydrogen-bond donors (Lipinski definition) is 1. The highest BCUT2D eigenvalue weighted by molar-refractivity contribution is 5.75. The van der Waals surface area contributed by atoms with Crippen LogP contribution in [0.15, 0.2) is 36.9 Å². The van der Waals surface area contributed by atoms with Gasteiger partial charge < -0.3 is 15.1 Å². The number of aromatic nitrogens is 3. The van der Waals surface area contributed by atoms with Crippen LogP contribution in [0.5, 0.6) is 0 Å². The molecule has 4 heterocycles. The third-order valence-electron chi connectivity index (χ3n) is 6.45. The summed E-state index contributed by atoms with van der Waals surface area (Å²) >= 11 is 0. The molecule has 11 heteroatoms. The fourth-order valence-corrected chi connectivity index (χ4v) is 4.75. The van der Waals surface area contributed by atoms with Crippen molar-refractivity contribution in [2.45, 2.75) is 57.5 Å².